The summed E-state index contributed by atoms with van der Waals surface area (Å²) in [6.45, 7) is 8.42. The smallest absolute Gasteiger partial charge is 0.125 e. The fourth-order valence-corrected chi connectivity index (χ4v) is 1.64. The van der Waals surface area contributed by atoms with E-state index >= 15 is 0 Å². The summed E-state index contributed by atoms with van der Waals surface area (Å²) in [5, 5.41) is 4.98. The first-order valence-corrected chi connectivity index (χ1v) is 5.77. The Bertz CT molecular complexity index is 396. The molecule has 0 bridgehead atoms. The highest BCUT2D eigenvalue weighted by atomic mass is 15.5. The van der Waals surface area contributed by atoms with E-state index in [0.717, 1.165) is 5.56 Å². The Morgan fingerprint density at radius 2 is 2.00 bits per heavy atom. The summed E-state index contributed by atoms with van der Waals surface area (Å²) in [7, 11) is 0. The van der Waals surface area contributed by atoms with Crippen molar-refractivity contribution in [3.05, 3.63) is 35.4 Å². The van der Waals surface area contributed by atoms with Gasteiger partial charge in [0.05, 0.1) is 5.54 Å². The van der Waals surface area contributed by atoms with Gasteiger partial charge in [-0.05, 0) is 30.9 Å². The molecule has 0 aliphatic rings. The number of hydrazone groups is 1. The molecule has 4 N–H and O–H groups in total. The van der Waals surface area contributed by atoms with Gasteiger partial charge in [-0.3, -0.25) is 5.01 Å². The third-order valence-corrected chi connectivity index (χ3v) is 3.10. The first kappa shape index (κ1) is 13.5. The van der Waals surface area contributed by atoms with E-state index in [1.165, 1.54) is 16.9 Å². The highest BCUT2D eigenvalue weighted by Gasteiger charge is 2.25. The molecule has 4 heteroatoms. The number of hydrogen-bond donors (Lipinski definition) is 2. The molecule has 1 rings (SSSR count). The largest absolute Gasteiger partial charge is 0.322 e. The van der Waals surface area contributed by atoms with Crippen LogP contribution in [0.5, 0.6) is 0 Å². The van der Waals surface area contributed by atoms with Crippen molar-refractivity contribution in [2.24, 2.45) is 16.8 Å². The van der Waals surface area contributed by atoms with E-state index < -0.39 is 0 Å². The van der Waals surface area contributed by atoms with Crippen LogP contribution in [0, 0.1) is 0 Å². The highest BCUT2D eigenvalue weighted by molar-refractivity contribution is 5.55. The molecule has 0 heterocycles. The molecular weight excluding hydrogens is 212 g/mol. The van der Waals surface area contributed by atoms with E-state index in [-0.39, 0.29) is 5.54 Å². The lowest BCUT2D eigenvalue weighted by atomic mass is 9.90. The topological polar surface area (TPSA) is 67.6 Å². The van der Waals surface area contributed by atoms with Crippen molar-refractivity contribution in [1.29, 1.82) is 0 Å². The molecule has 0 amide bonds. The van der Waals surface area contributed by atoms with E-state index in [4.69, 9.17) is 11.7 Å². The van der Waals surface area contributed by atoms with Crippen molar-refractivity contribution in [3.63, 3.8) is 0 Å². The molecule has 0 spiro atoms. The Labute approximate surface area is 103 Å². The maximum absolute atomic E-state index is 5.92. The number of hydrogen-bond acceptors (Lipinski definition) is 3. The van der Waals surface area contributed by atoms with E-state index in [9.17, 15) is 0 Å². The van der Waals surface area contributed by atoms with Gasteiger partial charge in [-0.1, -0.05) is 38.1 Å². The lowest BCUT2D eigenvalue weighted by molar-refractivity contribution is 0.228. The molecule has 0 aliphatic heterocycles. The first-order chi connectivity index (χ1) is 7.89. The summed E-state index contributed by atoms with van der Waals surface area (Å²) in [6, 6.07) is 8.42. The van der Waals surface area contributed by atoms with Gasteiger partial charge < -0.3 is 5.84 Å². The van der Waals surface area contributed by atoms with Gasteiger partial charge in [0.1, 0.15) is 6.34 Å². The minimum absolute atomic E-state index is 0.340. The van der Waals surface area contributed by atoms with Crippen LogP contribution in [0.3, 0.4) is 0 Å². The van der Waals surface area contributed by atoms with Crippen LogP contribution in [0.25, 0.3) is 0 Å². The zero-order chi connectivity index (χ0) is 13.1. The molecule has 1 aromatic carbocycles. The number of nitrogens with zero attached hydrogens (tertiary/aromatic N) is 2. The Morgan fingerprint density at radius 1 is 1.35 bits per heavy atom. The predicted molar refractivity (Wildman–Crippen MR) is 72.3 cm³/mol. The van der Waals surface area contributed by atoms with Crippen LogP contribution >= 0.6 is 0 Å². The minimum Gasteiger partial charge on any atom is -0.322 e. The molecular formula is C13H22N4. The Kier molecular flexibility index (Phi) is 4.12. The van der Waals surface area contributed by atoms with Crippen LogP contribution in [-0.4, -0.2) is 11.3 Å². The molecule has 94 valence electrons. The number of benzene rings is 1. The summed E-state index contributed by atoms with van der Waals surface area (Å²) >= 11 is 0. The van der Waals surface area contributed by atoms with Gasteiger partial charge in [-0.15, -0.1) is 0 Å². The summed E-state index contributed by atoms with van der Waals surface area (Å²) in [4.78, 5) is 0. The van der Waals surface area contributed by atoms with Gasteiger partial charge in [-0.25, -0.2) is 5.84 Å². The van der Waals surface area contributed by atoms with Crippen LogP contribution in [0.15, 0.2) is 29.4 Å². The predicted octanol–water partition coefficient (Wildman–Crippen LogP) is 2.12. The fraction of sp³-hybridized carbons (Fsp3) is 0.462. The van der Waals surface area contributed by atoms with Crippen LogP contribution in [0.4, 0.5) is 0 Å². The van der Waals surface area contributed by atoms with Crippen molar-refractivity contribution in [2.75, 3.05) is 0 Å². The van der Waals surface area contributed by atoms with Crippen LogP contribution in [-0.2, 0) is 5.54 Å². The lowest BCUT2D eigenvalue weighted by Gasteiger charge is -2.34. The van der Waals surface area contributed by atoms with Crippen molar-refractivity contribution in [3.8, 4) is 0 Å². The average Bonchev–Trinajstić information content (AvgIpc) is 2.29. The third kappa shape index (κ3) is 2.97. The number of rotatable bonds is 4. The van der Waals surface area contributed by atoms with E-state index in [1.54, 1.807) is 0 Å². The Hall–Kier alpha value is -1.55. The number of hydrazine groups is 1. The SMILES string of the molecule is CC(C)c1cccc(C(C)(C)N(N)/C=N\N)c1. The lowest BCUT2D eigenvalue weighted by Crippen LogP contribution is -2.45. The van der Waals surface area contributed by atoms with Crippen molar-refractivity contribution in [1.82, 2.24) is 5.01 Å². The Morgan fingerprint density at radius 3 is 2.53 bits per heavy atom. The first-order valence-electron chi connectivity index (χ1n) is 5.77. The monoisotopic (exact) mass is 234 g/mol. The van der Waals surface area contributed by atoms with Gasteiger partial charge >= 0.3 is 0 Å². The van der Waals surface area contributed by atoms with E-state index in [2.05, 4.69) is 43.2 Å². The van der Waals surface area contributed by atoms with E-state index in [0.29, 0.717) is 5.92 Å². The van der Waals surface area contributed by atoms with Crippen molar-refractivity contribution < 1.29 is 0 Å². The quantitative estimate of drug-likeness (QED) is 0.363. The molecule has 0 aromatic heterocycles. The van der Waals surface area contributed by atoms with Gasteiger partial charge in [-0.2, -0.15) is 5.10 Å². The molecule has 0 aliphatic carbocycles. The molecule has 4 nitrogen and oxygen atoms in total. The minimum atomic E-state index is -0.340. The van der Waals surface area contributed by atoms with E-state index in [1.807, 2.05) is 13.8 Å². The standard InChI is InChI=1S/C13H22N4/c1-10(2)11-6-5-7-12(8-11)13(3,4)17(15)9-16-14/h5-10H,14-15H2,1-4H3/b16-9-. The molecule has 0 saturated heterocycles. The molecule has 1 aromatic rings. The van der Waals surface area contributed by atoms with Crippen LogP contribution in [0.2, 0.25) is 0 Å². The van der Waals surface area contributed by atoms with Crippen molar-refractivity contribution >= 4 is 6.34 Å². The number of nitrogens with two attached hydrogens (primary N) is 2. The zero-order valence-corrected chi connectivity index (χ0v) is 11.0. The molecule has 0 atom stereocenters. The third-order valence-electron chi connectivity index (χ3n) is 3.10. The molecule has 0 fully saturated rings. The maximum Gasteiger partial charge on any atom is 0.125 e. The summed E-state index contributed by atoms with van der Waals surface area (Å²) in [6.07, 6.45) is 1.43. The van der Waals surface area contributed by atoms with Crippen molar-refractivity contribution in [2.45, 2.75) is 39.2 Å². The van der Waals surface area contributed by atoms with Gasteiger partial charge in [0.15, 0.2) is 0 Å². The second-order valence-electron chi connectivity index (χ2n) is 5.01. The summed E-state index contributed by atoms with van der Waals surface area (Å²) < 4.78 is 0. The second kappa shape index (κ2) is 5.19. The normalized spacial score (nSPS) is 12.4. The van der Waals surface area contributed by atoms with Crippen LogP contribution in [0.1, 0.15) is 44.7 Å². The average molecular weight is 234 g/mol. The Balaban J connectivity index is 3.10. The van der Waals surface area contributed by atoms with Crippen LogP contribution < -0.4 is 11.7 Å². The van der Waals surface area contributed by atoms with Gasteiger partial charge in [0.25, 0.3) is 0 Å². The molecule has 17 heavy (non-hydrogen) atoms. The zero-order valence-electron chi connectivity index (χ0n) is 11.0. The molecule has 0 unspecified atom stereocenters. The maximum atomic E-state index is 5.92. The summed E-state index contributed by atoms with van der Waals surface area (Å²) in [5.41, 5.74) is 2.10. The summed E-state index contributed by atoms with van der Waals surface area (Å²) in [5.74, 6) is 11.6. The highest BCUT2D eigenvalue weighted by Crippen LogP contribution is 2.27. The molecule has 0 saturated carbocycles. The fourth-order valence-electron chi connectivity index (χ4n) is 1.64. The second-order valence-corrected chi connectivity index (χ2v) is 5.01. The van der Waals surface area contributed by atoms with Gasteiger partial charge in [0, 0.05) is 0 Å². The molecule has 0 radical (unpaired) electrons. The van der Waals surface area contributed by atoms with Gasteiger partial charge in [0.2, 0.25) is 0 Å².